The summed E-state index contributed by atoms with van der Waals surface area (Å²) in [7, 11) is -3.44. The summed E-state index contributed by atoms with van der Waals surface area (Å²) in [5.41, 5.74) is 1.92. The molecule has 140 valence electrons. The Kier molecular flexibility index (Phi) is 3.76. The van der Waals surface area contributed by atoms with Crippen LogP contribution >= 0.6 is 0 Å². The lowest BCUT2D eigenvalue weighted by Gasteiger charge is -2.50. The molecule has 2 aromatic rings. The molecule has 0 bridgehead atoms. The Morgan fingerprint density at radius 3 is 2.38 bits per heavy atom. The van der Waals surface area contributed by atoms with Crippen LogP contribution in [0.1, 0.15) is 31.9 Å². The predicted molar refractivity (Wildman–Crippen MR) is 98.8 cm³/mol. The van der Waals surface area contributed by atoms with Crippen LogP contribution in [0.4, 0.5) is 0 Å². The van der Waals surface area contributed by atoms with Gasteiger partial charge in [-0.05, 0) is 24.5 Å². The summed E-state index contributed by atoms with van der Waals surface area (Å²) in [6.07, 6.45) is 1.87. The number of sulfonamides is 1. The van der Waals surface area contributed by atoms with Crippen LogP contribution in [-0.4, -0.2) is 42.2 Å². The second-order valence-corrected chi connectivity index (χ2v) is 10.6. The SMILES string of the molecule is Cc1ccc(S(=O)(=O)N2CC3(COc4c(C(C)(C)C)cnn4C3)C2)cc1. The predicted octanol–water partition coefficient (Wildman–Crippen LogP) is 2.57. The van der Waals surface area contributed by atoms with Crippen molar-refractivity contribution in [1.82, 2.24) is 14.1 Å². The molecule has 0 aliphatic carbocycles. The maximum atomic E-state index is 12.8. The minimum absolute atomic E-state index is 0.0293. The van der Waals surface area contributed by atoms with Gasteiger partial charge < -0.3 is 4.74 Å². The molecule has 7 heteroatoms. The Morgan fingerprint density at radius 2 is 1.77 bits per heavy atom. The van der Waals surface area contributed by atoms with Gasteiger partial charge in [-0.25, -0.2) is 13.1 Å². The van der Waals surface area contributed by atoms with E-state index in [1.54, 1.807) is 16.4 Å². The first-order chi connectivity index (χ1) is 12.1. The third kappa shape index (κ3) is 2.74. The molecule has 1 spiro atoms. The summed E-state index contributed by atoms with van der Waals surface area (Å²) in [4.78, 5) is 0.351. The molecule has 2 aliphatic rings. The maximum absolute atomic E-state index is 12.8. The fourth-order valence-corrected chi connectivity index (χ4v) is 5.33. The van der Waals surface area contributed by atoms with Crippen molar-refractivity contribution < 1.29 is 13.2 Å². The first kappa shape index (κ1) is 17.5. The average molecular weight is 375 g/mol. The number of hydrogen-bond acceptors (Lipinski definition) is 4. The van der Waals surface area contributed by atoms with Crippen LogP contribution in [0.15, 0.2) is 35.4 Å². The van der Waals surface area contributed by atoms with Crippen molar-refractivity contribution in [2.24, 2.45) is 5.41 Å². The highest BCUT2D eigenvalue weighted by Crippen LogP contribution is 2.42. The largest absolute Gasteiger partial charge is 0.477 e. The smallest absolute Gasteiger partial charge is 0.243 e. The summed E-state index contributed by atoms with van der Waals surface area (Å²) in [5, 5.41) is 4.48. The van der Waals surface area contributed by atoms with E-state index in [9.17, 15) is 8.42 Å². The topological polar surface area (TPSA) is 64.4 Å². The number of nitrogens with zero attached hydrogens (tertiary/aromatic N) is 3. The summed E-state index contributed by atoms with van der Waals surface area (Å²) >= 11 is 0. The molecule has 0 N–H and O–H groups in total. The number of benzene rings is 1. The summed E-state index contributed by atoms with van der Waals surface area (Å²) < 4.78 is 35.1. The zero-order chi connectivity index (χ0) is 18.7. The standard InChI is InChI=1S/C19H25N3O3S/c1-14-5-7-15(8-6-14)26(23,24)21-10-19(11-21)12-22-17(25-13-19)16(9-20-22)18(2,3)4/h5-9H,10-13H2,1-4H3. The molecule has 1 saturated heterocycles. The molecule has 1 aromatic heterocycles. The van der Waals surface area contributed by atoms with E-state index in [0.717, 1.165) is 17.0 Å². The zero-order valence-corrected chi connectivity index (χ0v) is 16.5. The van der Waals surface area contributed by atoms with E-state index >= 15 is 0 Å². The van der Waals surface area contributed by atoms with Gasteiger partial charge in [-0.2, -0.15) is 9.40 Å². The molecule has 0 radical (unpaired) electrons. The number of aryl methyl sites for hydroxylation is 1. The summed E-state index contributed by atoms with van der Waals surface area (Å²) in [5.74, 6) is 0.822. The molecule has 0 saturated carbocycles. The van der Waals surface area contributed by atoms with Crippen molar-refractivity contribution in [2.45, 2.75) is 44.6 Å². The van der Waals surface area contributed by atoms with Gasteiger partial charge >= 0.3 is 0 Å². The van der Waals surface area contributed by atoms with E-state index in [1.807, 2.05) is 29.9 Å². The van der Waals surface area contributed by atoms with Crippen LogP contribution in [0.25, 0.3) is 0 Å². The Bertz CT molecular complexity index is 933. The van der Waals surface area contributed by atoms with Crippen molar-refractivity contribution >= 4 is 10.0 Å². The minimum atomic E-state index is -3.44. The average Bonchev–Trinajstić information content (AvgIpc) is 2.95. The van der Waals surface area contributed by atoms with E-state index in [-0.39, 0.29) is 10.8 Å². The highest BCUT2D eigenvalue weighted by molar-refractivity contribution is 7.89. The van der Waals surface area contributed by atoms with Gasteiger partial charge in [0.05, 0.1) is 29.7 Å². The number of rotatable bonds is 2. The molecular formula is C19H25N3O3S. The van der Waals surface area contributed by atoms with Crippen LogP contribution in [0.3, 0.4) is 0 Å². The first-order valence-corrected chi connectivity index (χ1v) is 10.3. The Hall–Kier alpha value is -1.86. The van der Waals surface area contributed by atoms with Gasteiger partial charge in [0.15, 0.2) is 0 Å². The Labute approximate surface area is 154 Å². The molecule has 1 fully saturated rings. The number of fused-ring (bicyclic) bond motifs is 1. The van der Waals surface area contributed by atoms with Gasteiger partial charge in [0.25, 0.3) is 0 Å². The van der Waals surface area contributed by atoms with E-state index in [2.05, 4.69) is 25.9 Å². The summed E-state index contributed by atoms with van der Waals surface area (Å²) in [6, 6.07) is 7.01. The van der Waals surface area contributed by atoms with E-state index < -0.39 is 10.0 Å². The van der Waals surface area contributed by atoms with E-state index in [1.165, 1.54) is 0 Å². The fourth-order valence-electron chi connectivity index (χ4n) is 3.66. The number of hydrogen-bond donors (Lipinski definition) is 0. The summed E-state index contributed by atoms with van der Waals surface area (Å²) in [6.45, 7) is 10.5. The van der Waals surface area contributed by atoms with Crippen molar-refractivity contribution in [3.05, 3.63) is 41.6 Å². The lowest BCUT2D eigenvalue weighted by atomic mass is 9.81. The highest BCUT2D eigenvalue weighted by atomic mass is 32.2. The van der Waals surface area contributed by atoms with Crippen LogP contribution in [0, 0.1) is 12.3 Å². The molecule has 0 atom stereocenters. The van der Waals surface area contributed by atoms with Crippen molar-refractivity contribution in [1.29, 1.82) is 0 Å². The lowest BCUT2D eigenvalue weighted by molar-refractivity contribution is -0.0268. The molecule has 26 heavy (non-hydrogen) atoms. The first-order valence-electron chi connectivity index (χ1n) is 8.87. The maximum Gasteiger partial charge on any atom is 0.243 e. The third-order valence-corrected chi connectivity index (χ3v) is 7.09. The lowest BCUT2D eigenvalue weighted by Crippen LogP contribution is -2.63. The van der Waals surface area contributed by atoms with Crippen molar-refractivity contribution in [3.8, 4) is 5.88 Å². The molecule has 6 nitrogen and oxygen atoms in total. The van der Waals surface area contributed by atoms with Crippen LogP contribution < -0.4 is 4.74 Å². The normalized spacial score (nSPS) is 19.7. The van der Waals surface area contributed by atoms with Gasteiger partial charge in [-0.15, -0.1) is 0 Å². The van der Waals surface area contributed by atoms with Gasteiger partial charge in [0, 0.05) is 18.7 Å². The van der Waals surface area contributed by atoms with Gasteiger partial charge in [-0.3, -0.25) is 0 Å². The molecule has 0 amide bonds. The second-order valence-electron chi connectivity index (χ2n) is 8.65. The highest BCUT2D eigenvalue weighted by Gasteiger charge is 2.52. The van der Waals surface area contributed by atoms with Crippen LogP contribution in [0.5, 0.6) is 5.88 Å². The van der Waals surface area contributed by atoms with Crippen LogP contribution in [-0.2, 0) is 22.0 Å². The monoisotopic (exact) mass is 375 g/mol. The zero-order valence-electron chi connectivity index (χ0n) is 15.7. The van der Waals surface area contributed by atoms with Crippen LogP contribution in [0.2, 0.25) is 0 Å². The van der Waals surface area contributed by atoms with Gasteiger partial charge in [0.1, 0.15) is 0 Å². The molecule has 4 rings (SSSR count). The van der Waals surface area contributed by atoms with Gasteiger partial charge in [-0.1, -0.05) is 38.5 Å². The quantitative estimate of drug-likeness (QED) is 0.809. The third-order valence-electron chi connectivity index (χ3n) is 5.28. The van der Waals surface area contributed by atoms with Gasteiger partial charge in [0.2, 0.25) is 15.9 Å². The minimum Gasteiger partial charge on any atom is -0.477 e. The molecule has 0 unspecified atom stereocenters. The number of aromatic nitrogens is 2. The second kappa shape index (κ2) is 5.57. The Morgan fingerprint density at radius 1 is 1.12 bits per heavy atom. The van der Waals surface area contributed by atoms with Crippen molar-refractivity contribution in [2.75, 3.05) is 19.7 Å². The molecule has 2 aliphatic heterocycles. The molecule has 3 heterocycles. The van der Waals surface area contributed by atoms with E-state index in [4.69, 9.17) is 4.74 Å². The number of ether oxygens (including phenoxy) is 1. The molecular weight excluding hydrogens is 350 g/mol. The fraction of sp³-hybridized carbons (Fsp3) is 0.526. The Balaban J connectivity index is 1.51. The molecule has 1 aromatic carbocycles. The van der Waals surface area contributed by atoms with E-state index in [0.29, 0.717) is 31.1 Å². The van der Waals surface area contributed by atoms with Crippen molar-refractivity contribution in [3.63, 3.8) is 0 Å².